The molecule has 2 aromatic rings. The SMILES string of the molecule is CC1CCN(CC(C)NC(=O)c2nc(-c3ccccc3)ncc2Cl)CC1. The molecule has 2 heterocycles. The molecule has 1 aliphatic rings. The standard InChI is InChI=1S/C20H25ClN4O/c1-14-8-10-25(11-9-14)13-15(2)23-20(26)18-17(21)12-22-19(24-18)16-6-4-3-5-7-16/h3-7,12,14-15H,8-11,13H2,1-2H3,(H,23,26). The second kappa shape index (κ2) is 8.60. The number of carbonyl (C=O) groups is 1. The Labute approximate surface area is 159 Å². The van der Waals surface area contributed by atoms with Crippen LogP contribution in [0, 0.1) is 5.92 Å². The van der Waals surface area contributed by atoms with Crippen molar-refractivity contribution < 1.29 is 4.79 Å². The van der Waals surface area contributed by atoms with E-state index in [1.165, 1.54) is 19.0 Å². The molecule has 26 heavy (non-hydrogen) atoms. The third-order valence-corrected chi connectivity index (χ3v) is 5.05. The Balaban J connectivity index is 1.65. The summed E-state index contributed by atoms with van der Waals surface area (Å²) < 4.78 is 0. The summed E-state index contributed by atoms with van der Waals surface area (Å²) in [5.74, 6) is 1.04. The minimum atomic E-state index is -0.257. The lowest BCUT2D eigenvalue weighted by atomic mass is 9.99. The van der Waals surface area contributed by atoms with E-state index in [0.29, 0.717) is 5.82 Å². The number of hydrogen-bond acceptors (Lipinski definition) is 4. The van der Waals surface area contributed by atoms with Crippen molar-refractivity contribution >= 4 is 17.5 Å². The first-order valence-corrected chi connectivity index (χ1v) is 9.52. The largest absolute Gasteiger partial charge is 0.347 e. The van der Waals surface area contributed by atoms with E-state index in [1.54, 1.807) is 0 Å². The average molecular weight is 373 g/mol. The van der Waals surface area contributed by atoms with Gasteiger partial charge in [0.05, 0.1) is 11.2 Å². The second-order valence-corrected chi connectivity index (χ2v) is 7.52. The normalized spacial score (nSPS) is 17.0. The molecule has 1 aromatic carbocycles. The number of likely N-dealkylation sites (tertiary alicyclic amines) is 1. The van der Waals surface area contributed by atoms with Crippen LogP contribution in [0.5, 0.6) is 0 Å². The Morgan fingerprint density at radius 3 is 2.69 bits per heavy atom. The van der Waals surface area contributed by atoms with Crippen molar-refractivity contribution in [1.29, 1.82) is 0 Å². The monoisotopic (exact) mass is 372 g/mol. The molecule has 0 bridgehead atoms. The molecular weight excluding hydrogens is 348 g/mol. The first-order valence-electron chi connectivity index (χ1n) is 9.14. The Bertz CT molecular complexity index is 745. The Kier molecular flexibility index (Phi) is 6.22. The summed E-state index contributed by atoms with van der Waals surface area (Å²) in [6, 6.07) is 9.59. The van der Waals surface area contributed by atoms with Crippen molar-refractivity contribution in [2.75, 3.05) is 19.6 Å². The highest BCUT2D eigenvalue weighted by molar-refractivity contribution is 6.33. The molecule has 1 aliphatic heterocycles. The fraction of sp³-hybridized carbons (Fsp3) is 0.450. The molecule has 0 spiro atoms. The zero-order valence-corrected chi connectivity index (χ0v) is 16.0. The molecule has 1 unspecified atom stereocenters. The van der Waals surface area contributed by atoms with Crippen molar-refractivity contribution in [3.8, 4) is 11.4 Å². The van der Waals surface area contributed by atoms with E-state index in [-0.39, 0.29) is 22.7 Å². The lowest BCUT2D eigenvalue weighted by Gasteiger charge is -2.32. The number of aromatic nitrogens is 2. The highest BCUT2D eigenvalue weighted by Gasteiger charge is 2.20. The van der Waals surface area contributed by atoms with Crippen LogP contribution >= 0.6 is 11.6 Å². The first-order chi connectivity index (χ1) is 12.5. The maximum absolute atomic E-state index is 12.6. The summed E-state index contributed by atoms with van der Waals surface area (Å²) in [5, 5.41) is 3.28. The third-order valence-electron chi connectivity index (χ3n) is 4.78. The van der Waals surface area contributed by atoms with Gasteiger partial charge in [-0.2, -0.15) is 0 Å². The predicted molar refractivity (Wildman–Crippen MR) is 104 cm³/mol. The van der Waals surface area contributed by atoms with E-state index in [4.69, 9.17) is 11.6 Å². The van der Waals surface area contributed by atoms with Crippen LogP contribution in [0.2, 0.25) is 5.02 Å². The minimum absolute atomic E-state index is 0.0297. The maximum Gasteiger partial charge on any atom is 0.271 e. The zero-order chi connectivity index (χ0) is 18.5. The van der Waals surface area contributed by atoms with Crippen LogP contribution in [-0.2, 0) is 0 Å². The van der Waals surface area contributed by atoms with Crippen LogP contribution in [0.15, 0.2) is 36.5 Å². The number of halogens is 1. The van der Waals surface area contributed by atoms with Gasteiger partial charge >= 0.3 is 0 Å². The van der Waals surface area contributed by atoms with Gasteiger partial charge in [0.15, 0.2) is 11.5 Å². The van der Waals surface area contributed by atoms with E-state index in [9.17, 15) is 4.79 Å². The van der Waals surface area contributed by atoms with Crippen LogP contribution < -0.4 is 5.32 Å². The minimum Gasteiger partial charge on any atom is -0.347 e. The molecule has 0 radical (unpaired) electrons. The Hall–Kier alpha value is -1.98. The Morgan fingerprint density at radius 1 is 1.31 bits per heavy atom. The molecule has 3 rings (SSSR count). The van der Waals surface area contributed by atoms with Crippen molar-refractivity contribution in [1.82, 2.24) is 20.2 Å². The van der Waals surface area contributed by atoms with Crippen LogP contribution in [0.25, 0.3) is 11.4 Å². The molecule has 6 heteroatoms. The smallest absolute Gasteiger partial charge is 0.271 e. The first kappa shape index (κ1) is 18.8. The highest BCUT2D eigenvalue weighted by atomic mass is 35.5. The third kappa shape index (κ3) is 4.80. The zero-order valence-electron chi connectivity index (χ0n) is 15.3. The maximum atomic E-state index is 12.6. The van der Waals surface area contributed by atoms with E-state index in [0.717, 1.165) is 31.1 Å². The molecule has 1 fully saturated rings. The summed E-state index contributed by atoms with van der Waals surface area (Å²) in [6.07, 6.45) is 3.93. The summed E-state index contributed by atoms with van der Waals surface area (Å²) >= 11 is 6.17. The van der Waals surface area contributed by atoms with Crippen LogP contribution in [0.1, 0.15) is 37.2 Å². The number of piperidine rings is 1. The highest BCUT2D eigenvalue weighted by Crippen LogP contribution is 2.19. The molecular formula is C20H25ClN4O. The number of hydrogen-bond donors (Lipinski definition) is 1. The van der Waals surface area contributed by atoms with Crippen LogP contribution in [0.4, 0.5) is 0 Å². The van der Waals surface area contributed by atoms with Gasteiger partial charge in [0, 0.05) is 18.2 Å². The predicted octanol–water partition coefficient (Wildman–Crippen LogP) is 3.65. The Morgan fingerprint density at radius 2 is 2.00 bits per heavy atom. The van der Waals surface area contributed by atoms with Gasteiger partial charge in [-0.3, -0.25) is 4.79 Å². The van der Waals surface area contributed by atoms with Gasteiger partial charge in [-0.25, -0.2) is 9.97 Å². The van der Waals surface area contributed by atoms with Gasteiger partial charge in [0.25, 0.3) is 5.91 Å². The van der Waals surface area contributed by atoms with E-state index in [2.05, 4.69) is 27.1 Å². The topological polar surface area (TPSA) is 58.1 Å². The fourth-order valence-electron chi connectivity index (χ4n) is 3.22. The number of benzene rings is 1. The molecule has 1 atom stereocenters. The molecule has 1 saturated heterocycles. The summed E-state index contributed by atoms with van der Waals surface area (Å²) in [7, 11) is 0. The molecule has 5 nitrogen and oxygen atoms in total. The number of rotatable bonds is 5. The van der Waals surface area contributed by atoms with Gasteiger partial charge in [0.2, 0.25) is 0 Å². The fourth-order valence-corrected chi connectivity index (χ4v) is 3.40. The molecule has 1 amide bonds. The van der Waals surface area contributed by atoms with E-state index >= 15 is 0 Å². The van der Waals surface area contributed by atoms with Crippen LogP contribution in [-0.4, -0.2) is 46.5 Å². The van der Waals surface area contributed by atoms with Gasteiger partial charge in [-0.05, 0) is 38.8 Å². The summed E-state index contributed by atoms with van der Waals surface area (Å²) in [6.45, 7) is 7.33. The van der Waals surface area contributed by atoms with Crippen molar-refractivity contribution in [2.45, 2.75) is 32.7 Å². The lowest BCUT2D eigenvalue weighted by Crippen LogP contribution is -2.44. The number of nitrogens with zero attached hydrogens (tertiary/aromatic N) is 3. The van der Waals surface area contributed by atoms with Crippen molar-refractivity contribution in [2.24, 2.45) is 5.92 Å². The van der Waals surface area contributed by atoms with E-state index in [1.807, 2.05) is 37.3 Å². The molecule has 138 valence electrons. The molecule has 1 N–H and O–H groups in total. The molecule has 1 aromatic heterocycles. The summed E-state index contributed by atoms with van der Waals surface area (Å²) in [5.41, 5.74) is 1.08. The molecule has 0 aliphatic carbocycles. The number of amides is 1. The van der Waals surface area contributed by atoms with Gasteiger partial charge in [0.1, 0.15) is 0 Å². The van der Waals surface area contributed by atoms with Crippen molar-refractivity contribution in [3.05, 3.63) is 47.2 Å². The van der Waals surface area contributed by atoms with Gasteiger partial charge in [-0.1, -0.05) is 48.9 Å². The number of nitrogens with one attached hydrogen (secondary N) is 1. The van der Waals surface area contributed by atoms with Crippen LogP contribution in [0.3, 0.4) is 0 Å². The lowest BCUT2D eigenvalue weighted by molar-refractivity contribution is 0.0916. The summed E-state index contributed by atoms with van der Waals surface area (Å²) in [4.78, 5) is 23.7. The second-order valence-electron chi connectivity index (χ2n) is 7.11. The average Bonchev–Trinajstić information content (AvgIpc) is 2.64. The quantitative estimate of drug-likeness (QED) is 0.870. The van der Waals surface area contributed by atoms with E-state index < -0.39 is 0 Å². The van der Waals surface area contributed by atoms with Gasteiger partial charge in [-0.15, -0.1) is 0 Å². The van der Waals surface area contributed by atoms with Gasteiger partial charge < -0.3 is 10.2 Å². The molecule has 0 saturated carbocycles. The number of carbonyl (C=O) groups excluding carboxylic acids is 1. The van der Waals surface area contributed by atoms with Crippen molar-refractivity contribution in [3.63, 3.8) is 0 Å².